The summed E-state index contributed by atoms with van der Waals surface area (Å²) < 4.78 is 95.1. The van der Waals surface area contributed by atoms with Crippen LogP contribution >= 0.6 is 24.8 Å². The Morgan fingerprint density at radius 2 is 1.13 bits per heavy atom. The van der Waals surface area contributed by atoms with Crippen LogP contribution in [0.2, 0.25) is 0 Å². The fraction of sp³-hybridized carbons (Fsp3) is 0.143. The predicted octanol–water partition coefficient (Wildman–Crippen LogP) is 0.985. The van der Waals surface area contributed by atoms with Gasteiger partial charge >= 0.3 is 0 Å². The molecule has 0 bridgehead atoms. The number of sulfonamides is 2. The Kier molecular flexibility index (Phi) is 12.0. The lowest BCUT2D eigenvalue weighted by atomic mass is 10.2. The molecular formula is C14H18Cl2F4N4O4S2. The molecule has 2 aromatic carbocycles. The average Bonchev–Trinajstić information content (AvgIpc) is 2.57. The third kappa shape index (κ3) is 7.63. The van der Waals surface area contributed by atoms with Crippen molar-refractivity contribution in [2.45, 2.75) is 22.9 Å². The third-order valence-corrected chi connectivity index (χ3v) is 5.13. The van der Waals surface area contributed by atoms with E-state index in [4.69, 9.17) is 11.5 Å². The average molecular weight is 517 g/mol. The molecule has 0 heterocycles. The second kappa shape index (κ2) is 11.8. The van der Waals surface area contributed by atoms with Gasteiger partial charge in [0.2, 0.25) is 20.0 Å². The fourth-order valence-corrected chi connectivity index (χ4v) is 3.09. The molecule has 172 valence electrons. The fourth-order valence-electron chi connectivity index (χ4n) is 1.89. The molecule has 0 aliphatic heterocycles. The van der Waals surface area contributed by atoms with Crippen molar-refractivity contribution in [3.8, 4) is 0 Å². The summed E-state index contributed by atoms with van der Waals surface area (Å²) in [5.74, 6) is -4.76. The SMILES string of the molecule is Cl.Cl.NCc1cc(F)c(S(N)(=O)=O)cc1F.NCc1ccc(S(N)(=O)=O)c(F)c1F. The van der Waals surface area contributed by atoms with E-state index in [0.29, 0.717) is 6.07 Å². The zero-order valence-electron chi connectivity index (χ0n) is 14.8. The van der Waals surface area contributed by atoms with E-state index in [1.165, 1.54) is 0 Å². The van der Waals surface area contributed by atoms with Gasteiger partial charge in [-0.15, -0.1) is 24.8 Å². The van der Waals surface area contributed by atoms with E-state index in [1.54, 1.807) is 0 Å². The number of halogens is 6. The summed E-state index contributed by atoms with van der Waals surface area (Å²) in [5.41, 5.74) is 9.98. The summed E-state index contributed by atoms with van der Waals surface area (Å²) in [6, 6.07) is 3.20. The van der Waals surface area contributed by atoms with Crippen LogP contribution in [0.4, 0.5) is 17.6 Å². The number of rotatable bonds is 4. The van der Waals surface area contributed by atoms with E-state index in [9.17, 15) is 34.4 Å². The van der Waals surface area contributed by atoms with Crippen LogP contribution in [-0.4, -0.2) is 16.8 Å². The Bertz CT molecular complexity index is 1070. The highest BCUT2D eigenvalue weighted by Gasteiger charge is 2.20. The van der Waals surface area contributed by atoms with Crippen molar-refractivity contribution in [2.24, 2.45) is 21.7 Å². The molecule has 0 atom stereocenters. The van der Waals surface area contributed by atoms with Gasteiger partial charge in [-0.05, 0) is 18.2 Å². The predicted molar refractivity (Wildman–Crippen MR) is 106 cm³/mol. The largest absolute Gasteiger partial charge is 0.326 e. The van der Waals surface area contributed by atoms with Gasteiger partial charge in [0, 0.05) is 24.2 Å². The Morgan fingerprint density at radius 1 is 0.667 bits per heavy atom. The maximum Gasteiger partial charge on any atom is 0.241 e. The minimum absolute atomic E-state index is 0. The Hall–Kier alpha value is -1.52. The standard InChI is InChI=1S/2C7H8F2N2O2S.2ClH/c8-5-2-7(14(11,12)13)6(9)1-4(5)3-10;8-6-4(3-10)1-2-5(7(6)9)14(11,12)13;;/h2*1-2H,3,10H2,(H2,11,12,13);2*1H. The maximum absolute atomic E-state index is 13.1. The Balaban J connectivity index is 0. The molecule has 8 nitrogen and oxygen atoms in total. The van der Waals surface area contributed by atoms with E-state index in [1.807, 2.05) is 0 Å². The summed E-state index contributed by atoms with van der Waals surface area (Å²) in [5, 5.41) is 9.30. The zero-order chi connectivity index (χ0) is 21.9. The number of primary sulfonamides is 2. The van der Waals surface area contributed by atoms with E-state index in [0.717, 1.165) is 18.2 Å². The monoisotopic (exact) mass is 516 g/mol. The van der Waals surface area contributed by atoms with Crippen LogP contribution < -0.4 is 21.7 Å². The molecule has 0 radical (unpaired) electrons. The minimum atomic E-state index is -4.24. The van der Waals surface area contributed by atoms with Crippen LogP contribution in [0.3, 0.4) is 0 Å². The molecule has 0 amide bonds. The first kappa shape index (κ1) is 30.7. The maximum atomic E-state index is 13.1. The van der Waals surface area contributed by atoms with Gasteiger partial charge < -0.3 is 11.5 Å². The second-order valence-corrected chi connectivity index (χ2v) is 8.28. The summed E-state index contributed by atoms with van der Waals surface area (Å²) in [7, 11) is -8.47. The van der Waals surface area contributed by atoms with Crippen molar-refractivity contribution in [3.05, 3.63) is 58.7 Å². The molecule has 0 fully saturated rings. The molecule has 2 aromatic rings. The molecule has 16 heteroatoms. The molecule has 0 unspecified atom stereocenters. The van der Waals surface area contributed by atoms with Gasteiger partial charge in [0.1, 0.15) is 21.4 Å². The van der Waals surface area contributed by atoms with Gasteiger partial charge in [0.15, 0.2) is 11.6 Å². The van der Waals surface area contributed by atoms with E-state index >= 15 is 0 Å². The number of benzene rings is 2. The molecule has 30 heavy (non-hydrogen) atoms. The first-order valence-corrected chi connectivity index (χ1v) is 10.2. The van der Waals surface area contributed by atoms with Gasteiger partial charge in [-0.25, -0.2) is 44.7 Å². The lowest BCUT2D eigenvalue weighted by molar-refractivity contribution is 0.477. The summed E-state index contributed by atoms with van der Waals surface area (Å²) >= 11 is 0. The molecule has 0 saturated carbocycles. The van der Waals surface area contributed by atoms with Crippen LogP contribution in [0.25, 0.3) is 0 Å². The van der Waals surface area contributed by atoms with Crippen LogP contribution in [-0.2, 0) is 33.1 Å². The topological polar surface area (TPSA) is 172 Å². The normalized spacial score (nSPS) is 10.9. The summed E-state index contributed by atoms with van der Waals surface area (Å²) in [6.45, 7) is -0.429. The molecule has 0 aliphatic rings. The molecule has 0 saturated heterocycles. The van der Waals surface area contributed by atoms with Crippen molar-refractivity contribution in [2.75, 3.05) is 0 Å². The van der Waals surface area contributed by atoms with Crippen LogP contribution in [0.15, 0.2) is 34.1 Å². The zero-order valence-corrected chi connectivity index (χ0v) is 18.1. The summed E-state index contributed by atoms with van der Waals surface area (Å²) in [4.78, 5) is -1.74. The number of hydrogen-bond acceptors (Lipinski definition) is 6. The molecule has 0 aromatic heterocycles. The molecule has 0 spiro atoms. The molecule has 8 N–H and O–H groups in total. The lowest BCUT2D eigenvalue weighted by Crippen LogP contribution is -2.16. The summed E-state index contributed by atoms with van der Waals surface area (Å²) in [6.07, 6.45) is 0. The van der Waals surface area contributed by atoms with Crippen molar-refractivity contribution >= 4 is 44.9 Å². The molecule has 0 aliphatic carbocycles. The second-order valence-electron chi connectivity index (χ2n) is 5.22. The van der Waals surface area contributed by atoms with Crippen molar-refractivity contribution in [3.63, 3.8) is 0 Å². The van der Waals surface area contributed by atoms with Gasteiger partial charge in [0.25, 0.3) is 0 Å². The quantitative estimate of drug-likeness (QED) is 0.440. The van der Waals surface area contributed by atoms with E-state index in [-0.39, 0.29) is 49.0 Å². The van der Waals surface area contributed by atoms with Crippen LogP contribution in [0, 0.1) is 23.3 Å². The highest BCUT2D eigenvalue weighted by atomic mass is 35.5. The molecule has 2 rings (SSSR count). The van der Waals surface area contributed by atoms with Crippen LogP contribution in [0.1, 0.15) is 11.1 Å². The first-order chi connectivity index (χ1) is 12.7. The highest BCUT2D eigenvalue weighted by molar-refractivity contribution is 7.89. The highest BCUT2D eigenvalue weighted by Crippen LogP contribution is 2.19. The van der Waals surface area contributed by atoms with Gasteiger partial charge in [-0.1, -0.05) is 6.07 Å². The Labute approximate surface area is 182 Å². The first-order valence-electron chi connectivity index (χ1n) is 7.14. The van der Waals surface area contributed by atoms with Crippen molar-refractivity contribution < 1.29 is 34.4 Å². The van der Waals surface area contributed by atoms with Crippen molar-refractivity contribution in [1.82, 2.24) is 0 Å². The van der Waals surface area contributed by atoms with Gasteiger partial charge in [0.05, 0.1) is 0 Å². The molecular weight excluding hydrogens is 499 g/mol. The van der Waals surface area contributed by atoms with E-state index in [2.05, 4.69) is 10.3 Å². The minimum Gasteiger partial charge on any atom is -0.326 e. The van der Waals surface area contributed by atoms with Crippen LogP contribution in [0.5, 0.6) is 0 Å². The van der Waals surface area contributed by atoms with Gasteiger partial charge in [-0.3, -0.25) is 0 Å². The number of hydrogen-bond donors (Lipinski definition) is 4. The third-order valence-electron chi connectivity index (χ3n) is 3.28. The van der Waals surface area contributed by atoms with Gasteiger partial charge in [-0.2, -0.15) is 0 Å². The Morgan fingerprint density at radius 3 is 1.53 bits per heavy atom. The van der Waals surface area contributed by atoms with Crippen molar-refractivity contribution in [1.29, 1.82) is 0 Å². The lowest BCUT2D eigenvalue weighted by Gasteiger charge is -2.04. The smallest absolute Gasteiger partial charge is 0.241 e. The van der Waals surface area contributed by atoms with E-state index < -0.39 is 53.1 Å². The number of nitrogens with two attached hydrogens (primary N) is 4.